The van der Waals surface area contributed by atoms with Gasteiger partial charge >= 0.3 is 6.18 Å². The van der Waals surface area contributed by atoms with Gasteiger partial charge in [-0.3, -0.25) is 29.4 Å². The van der Waals surface area contributed by atoms with E-state index in [1.165, 1.54) is 25.6 Å². The van der Waals surface area contributed by atoms with E-state index in [4.69, 9.17) is 4.74 Å². The Balaban J connectivity index is 0.000000178. The Labute approximate surface area is 407 Å². The fourth-order valence-electron chi connectivity index (χ4n) is 9.21. The van der Waals surface area contributed by atoms with Gasteiger partial charge in [-0.25, -0.2) is 24.3 Å². The molecule has 7 aromatic rings. The highest BCUT2D eigenvalue weighted by atomic mass is 19.4. The summed E-state index contributed by atoms with van der Waals surface area (Å²) in [4.78, 5) is 65.3. The van der Waals surface area contributed by atoms with Gasteiger partial charge in [0.2, 0.25) is 0 Å². The number of ether oxygens (including phenoxy) is 1. The molecule has 4 aliphatic rings. The summed E-state index contributed by atoms with van der Waals surface area (Å²) in [6.07, 6.45) is 3.28. The second-order valence-corrected chi connectivity index (χ2v) is 18.1. The Kier molecular flexibility index (Phi) is 13.3. The first-order valence-electron chi connectivity index (χ1n) is 22.8. The monoisotopic (exact) mass is 989 g/mol. The second kappa shape index (κ2) is 19.7. The number of nitrogens with zero attached hydrogens (tertiary/aromatic N) is 6. The fraction of sp³-hybridized carbons (Fsp3) is 0.306. The first kappa shape index (κ1) is 48.5. The molecule has 1 aliphatic heterocycles. The number of halogens is 4. The maximum absolute atomic E-state index is 13.5. The van der Waals surface area contributed by atoms with Gasteiger partial charge in [0.15, 0.2) is 35.4 Å². The molecule has 8 N–H and O–H groups in total. The fourth-order valence-corrected chi connectivity index (χ4v) is 9.21. The molecular formula is C49H47F4N13O6. The Hall–Kier alpha value is -8.50. The smallest absolute Gasteiger partial charge is 0.419 e. The van der Waals surface area contributed by atoms with E-state index in [0.29, 0.717) is 64.3 Å². The third kappa shape index (κ3) is 10.2. The molecule has 3 aliphatic carbocycles. The van der Waals surface area contributed by atoms with Crippen molar-refractivity contribution in [2.75, 3.05) is 29.1 Å². The van der Waals surface area contributed by atoms with Gasteiger partial charge in [-0.1, -0.05) is 43.0 Å². The van der Waals surface area contributed by atoms with Crippen LogP contribution in [0.1, 0.15) is 99.0 Å². The van der Waals surface area contributed by atoms with E-state index in [2.05, 4.69) is 73.5 Å². The maximum Gasteiger partial charge on any atom is 0.419 e. The molecule has 4 aromatic heterocycles. The van der Waals surface area contributed by atoms with Gasteiger partial charge in [-0.05, 0) is 91.8 Å². The minimum absolute atomic E-state index is 0.0107. The van der Waals surface area contributed by atoms with Gasteiger partial charge in [0.05, 0.1) is 17.0 Å². The molecule has 11 rings (SSSR count). The zero-order valence-electron chi connectivity index (χ0n) is 38.6. The molecule has 2 bridgehead atoms. The van der Waals surface area contributed by atoms with E-state index in [1.807, 2.05) is 18.2 Å². The largest absolute Gasteiger partial charge is 0.512 e. The lowest BCUT2D eigenvalue weighted by Gasteiger charge is -2.53. The number of nitrogens with one attached hydrogen (secondary N) is 7. The quantitative estimate of drug-likeness (QED) is 0.0295. The number of carbonyl (C=O) groups is 4. The normalized spacial score (nSPS) is 18.0. The topological polar surface area (TPSA) is 267 Å². The number of amides is 3. The molecule has 372 valence electrons. The summed E-state index contributed by atoms with van der Waals surface area (Å²) in [5.74, 6) is -0.794. The number of alkyl halides is 3. The summed E-state index contributed by atoms with van der Waals surface area (Å²) in [5, 5.41) is 38.8. The summed E-state index contributed by atoms with van der Waals surface area (Å²) in [6.45, 7) is 6.39. The first-order valence-corrected chi connectivity index (χ1v) is 22.8. The zero-order chi connectivity index (χ0) is 50.8. The molecule has 3 fully saturated rings. The van der Waals surface area contributed by atoms with Gasteiger partial charge in [0.1, 0.15) is 46.3 Å². The first-order chi connectivity index (χ1) is 34.5. The van der Waals surface area contributed by atoms with Gasteiger partial charge in [-0.2, -0.15) is 23.4 Å². The summed E-state index contributed by atoms with van der Waals surface area (Å²) in [5.41, 5.74) is 3.35. The van der Waals surface area contributed by atoms with Gasteiger partial charge < -0.3 is 36.4 Å². The van der Waals surface area contributed by atoms with Crippen LogP contribution in [0.3, 0.4) is 0 Å². The lowest BCUT2D eigenvalue weighted by molar-refractivity contribution is -0.140. The molecule has 0 spiro atoms. The zero-order valence-corrected chi connectivity index (χ0v) is 38.6. The highest BCUT2D eigenvalue weighted by molar-refractivity contribution is 6.05. The number of aromatic nitrogens is 8. The van der Waals surface area contributed by atoms with Crippen LogP contribution >= 0.6 is 0 Å². The molecule has 3 saturated carbocycles. The van der Waals surface area contributed by atoms with Crippen LogP contribution in [0.15, 0.2) is 85.7 Å². The van der Waals surface area contributed by atoms with E-state index < -0.39 is 29.4 Å². The number of carbonyl (C=O) groups excluding carboxylic acids is 4. The van der Waals surface area contributed by atoms with Crippen molar-refractivity contribution in [1.29, 1.82) is 0 Å². The number of hydrogen-bond donors (Lipinski definition) is 8. The Morgan fingerprint density at radius 2 is 1.31 bits per heavy atom. The molecule has 19 nitrogen and oxygen atoms in total. The summed E-state index contributed by atoms with van der Waals surface area (Å²) in [6, 6.07) is 15.2. The van der Waals surface area contributed by atoms with Crippen molar-refractivity contribution in [3.63, 3.8) is 0 Å². The van der Waals surface area contributed by atoms with Gasteiger partial charge in [-0.15, -0.1) is 0 Å². The van der Waals surface area contributed by atoms with Crippen LogP contribution in [0, 0.1) is 16.6 Å². The number of Topliss-reactive ketones (excluding diaryl/α,β-unsaturated/α-hetero) is 1. The lowest BCUT2D eigenvalue weighted by Crippen LogP contribution is -2.45. The van der Waals surface area contributed by atoms with E-state index in [-0.39, 0.29) is 70.4 Å². The van der Waals surface area contributed by atoms with Crippen LogP contribution < -0.4 is 31.3 Å². The highest BCUT2D eigenvalue weighted by Crippen LogP contribution is 2.59. The number of hydrogen-bond acceptors (Lipinski definition) is 14. The van der Waals surface area contributed by atoms with Crippen LogP contribution in [0.4, 0.5) is 34.9 Å². The van der Waals surface area contributed by atoms with Crippen LogP contribution in [-0.2, 0) is 30.6 Å². The van der Waals surface area contributed by atoms with Gasteiger partial charge in [0, 0.05) is 37.2 Å². The van der Waals surface area contributed by atoms with Crippen molar-refractivity contribution in [2.24, 2.45) is 10.8 Å². The molecule has 23 heteroatoms. The number of allylic oxidation sites excluding steroid dienone is 1. The van der Waals surface area contributed by atoms with Crippen molar-refractivity contribution in [3.05, 3.63) is 131 Å². The molecule has 0 radical (unpaired) electrons. The summed E-state index contributed by atoms with van der Waals surface area (Å²) >= 11 is 0. The van der Waals surface area contributed by atoms with Crippen molar-refractivity contribution < 1.29 is 46.6 Å². The Morgan fingerprint density at radius 3 is 1.88 bits per heavy atom. The number of rotatable bonds is 14. The van der Waals surface area contributed by atoms with Crippen molar-refractivity contribution in [3.8, 4) is 5.75 Å². The number of anilines is 3. The highest BCUT2D eigenvalue weighted by Gasteiger charge is 2.50. The van der Waals surface area contributed by atoms with E-state index >= 15 is 0 Å². The standard InChI is InChI=1S/C25H26F4N6O2.C24H21N7O4/c1-14(36)24-7-4-23(5-8-24,6-9-24)12-31-21-19-18(34-35-21)20(33-13-32-19)22(37)30-11-15-2-3-17(26)16(10-15)25(27,28)29;1-13(32)16-5-2-14(3-6-16)9-25-23-21-20(30-31-23)22(28-12-27-21)24(34)26-10-15-4-7-18-17(8-15)29-19(33)11-35-18/h2-3,10,13,36H,1,4-9,11-12H2,(H,30,37)(H2,31,34,35);2-8,12H,9-11H2,1H3,(H,26,34)(H,29,33)(H2,25,30,31). The third-order valence-electron chi connectivity index (χ3n) is 13.5. The molecule has 3 aromatic carbocycles. The number of H-pyrrole nitrogens is 2. The molecule has 5 heterocycles. The number of aromatic amines is 2. The molecule has 0 saturated heterocycles. The molecule has 0 unspecified atom stereocenters. The van der Waals surface area contributed by atoms with Crippen LogP contribution in [-0.4, -0.2) is 82.1 Å². The predicted molar refractivity (Wildman–Crippen MR) is 254 cm³/mol. The Morgan fingerprint density at radius 1 is 0.750 bits per heavy atom. The Bertz CT molecular complexity index is 3220. The number of aliphatic hydroxyl groups excluding tert-OH is 1. The number of benzene rings is 3. The predicted octanol–water partition coefficient (Wildman–Crippen LogP) is 7.69. The second-order valence-electron chi connectivity index (χ2n) is 18.1. The van der Waals surface area contributed by atoms with Crippen LogP contribution in [0.2, 0.25) is 0 Å². The van der Waals surface area contributed by atoms with E-state index in [9.17, 15) is 41.8 Å². The summed E-state index contributed by atoms with van der Waals surface area (Å²) in [7, 11) is 0. The summed E-state index contributed by atoms with van der Waals surface area (Å²) < 4.78 is 57.8. The maximum atomic E-state index is 13.5. The molecule has 72 heavy (non-hydrogen) atoms. The number of fused-ring (bicyclic) bond motifs is 6. The van der Waals surface area contributed by atoms with Gasteiger partial charge in [0.25, 0.3) is 17.7 Å². The average molecular weight is 990 g/mol. The van der Waals surface area contributed by atoms with Crippen LogP contribution in [0.25, 0.3) is 22.1 Å². The average Bonchev–Trinajstić information content (AvgIpc) is 4.01. The molecule has 0 atom stereocenters. The van der Waals surface area contributed by atoms with Crippen molar-refractivity contribution in [1.82, 2.24) is 51.0 Å². The number of aliphatic hydroxyl groups is 1. The van der Waals surface area contributed by atoms with E-state index in [1.54, 1.807) is 24.3 Å². The van der Waals surface area contributed by atoms with Crippen molar-refractivity contribution in [2.45, 2.75) is 71.3 Å². The van der Waals surface area contributed by atoms with E-state index in [0.717, 1.165) is 55.7 Å². The SMILES string of the molecule is C=C(O)C12CCC(CNc3n[nH]c4c(C(=O)NCc5ccc(F)c(C(F)(F)F)c5)ncnc34)(CC1)CC2.CC(=O)c1ccc(CNc2n[nH]c3c(C(=O)NCc4ccc5c(c4)NC(=O)CO5)ncnc23)cc1. The third-order valence-corrected chi connectivity index (χ3v) is 13.5. The minimum Gasteiger partial charge on any atom is -0.512 e. The lowest BCUT2D eigenvalue weighted by atomic mass is 9.53. The molecule has 3 amide bonds. The van der Waals surface area contributed by atoms with Crippen LogP contribution in [0.5, 0.6) is 5.75 Å². The molecular weight excluding hydrogens is 943 g/mol. The minimum atomic E-state index is -4.84. The number of ketones is 1. The van der Waals surface area contributed by atoms with Crippen molar-refractivity contribution >= 4 is 62.9 Å².